The average molecular weight is 281 g/mol. The molecule has 0 aliphatic carbocycles. The first-order valence-electron chi connectivity index (χ1n) is 7.31. The van der Waals surface area contributed by atoms with E-state index in [1.807, 2.05) is 48.5 Å². The third kappa shape index (κ3) is 3.50. The maximum absolute atomic E-state index is 12.2. The molecule has 3 heteroatoms. The van der Waals surface area contributed by atoms with Gasteiger partial charge >= 0.3 is 0 Å². The van der Waals surface area contributed by atoms with E-state index in [2.05, 4.69) is 12.1 Å². The summed E-state index contributed by atoms with van der Waals surface area (Å²) in [5, 5.41) is 0. The number of carbonyl (C=O) groups excluding carboxylic acids is 1. The zero-order valence-corrected chi connectivity index (χ0v) is 11.9. The lowest BCUT2D eigenvalue weighted by Crippen LogP contribution is -2.28. The Bertz CT molecular complexity index is 583. The third-order valence-electron chi connectivity index (χ3n) is 3.81. The fraction of sp³-hybridized carbons (Fsp3) is 0.278. The maximum atomic E-state index is 12.2. The van der Waals surface area contributed by atoms with Crippen LogP contribution in [0.3, 0.4) is 0 Å². The van der Waals surface area contributed by atoms with Crippen LogP contribution in [0, 0.1) is 0 Å². The Kier molecular flexibility index (Phi) is 4.31. The van der Waals surface area contributed by atoms with Crippen molar-refractivity contribution in [3.8, 4) is 0 Å². The Morgan fingerprint density at radius 3 is 2.43 bits per heavy atom. The van der Waals surface area contributed by atoms with Crippen molar-refractivity contribution in [2.24, 2.45) is 0 Å². The van der Waals surface area contributed by atoms with Crippen LogP contribution in [0.2, 0.25) is 0 Å². The quantitative estimate of drug-likeness (QED) is 0.861. The van der Waals surface area contributed by atoms with Gasteiger partial charge in [0, 0.05) is 6.42 Å². The van der Waals surface area contributed by atoms with Crippen molar-refractivity contribution in [1.82, 2.24) is 4.90 Å². The summed E-state index contributed by atoms with van der Waals surface area (Å²) in [4.78, 5) is 14.0. The highest BCUT2D eigenvalue weighted by Crippen LogP contribution is 2.24. The number of hydrogen-bond donors (Lipinski definition) is 0. The van der Waals surface area contributed by atoms with Crippen LogP contribution in [-0.2, 0) is 16.0 Å². The van der Waals surface area contributed by atoms with Crippen molar-refractivity contribution in [3.63, 3.8) is 0 Å². The molecule has 1 saturated heterocycles. The molecule has 1 aliphatic rings. The Morgan fingerprint density at radius 1 is 1.05 bits per heavy atom. The highest BCUT2D eigenvalue weighted by molar-refractivity contribution is 5.76. The molecule has 0 radical (unpaired) electrons. The van der Waals surface area contributed by atoms with Gasteiger partial charge in [0.2, 0.25) is 5.91 Å². The van der Waals surface area contributed by atoms with Gasteiger partial charge in [0.1, 0.15) is 12.8 Å². The fourth-order valence-electron chi connectivity index (χ4n) is 2.58. The summed E-state index contributed by atoms with van der Waals surface area (Å²) in [5.41, 5.74) is 2.33. The van der Waals surface area contributed by atoms with Gasteiger partial charge in [0.25, 0.3) is 0 Å². The second kappa shape index (κ2) is 6.55. The molecular formula is C18H19NO2. The molecule has 21 heavy (non-hydrogen) atoms. The molecule has 1 heterocycles. The largest absolute Gasteiger partial charge is 0.351 e. The molecule has 0 N–H and O–H groups in total. The minimum atomic E-state index is 0.00637. The zero-order valence-electron chi connectivity index (χ0n) is 11.9. The van der Waals surface area contributed by atoms with Crippen LogP contribution >= 0.6 is 0 Å². The van der Waals surface area contributed by atoms with Gasteiger partial charge in [-0.15, -0.1) is 0 Å². The minimum absolute atomic E-state index is 0.00637. The minimum Gasteiger partial charge on any atom is -0.351 e. The number of amides is 1. The summed E-state index contributed by atoms with van der Waals surface area (Å²) in [7, 11) is 0. The Balaban J connectivity index is 1.53. The van der Waals surface area contributed by atoms with E-state index in [1.54, 1.807) is 4.90 Å². The predicted octanol–water partition coefficient (Wildman–Crippen LogP) is 3.18. The van der Waals surface area contributed by atoms with E-state index in [4.69, 9.17) is 4.74 Å². The normalized spacial score (nSPS) is 17.9. The van der Waals surface area contributed by atoms with Gasteiger partial charge in [-0.2, -0.15) is 0 Å². The van der Waals surface area contributed by atoms with E-state index in [0.717, 1.165) is 12.0 Å². The molecule has 0 bridgehead atoms. The van der Waals surface area contributed by atoms with Crippen molar-refractivity contribution < 1.29 is 9.53 Å². The second-order valence-electron chi connectivity index (χ2n) is 5.30. The zero-order chi connectivity index (χ0) is 14.5. The summed E-state index contributed by atoms with van der Waals surface area (Å²) < 4.78 is 5.73. The molecule has 1 unspecified atom stereocenters. The Morgan fingerprint density at radius 2 is 1.71 bits per heavy atom. The number of benzene rings is 2. The van der Waals surface area contributed by atoms with Crippen LogP contribution in [0.25, 0.3) is 0 Å². The molecular weight excluding hydrogens is 262 g/mol. The van der Waals surface area contributed by atoms with Crippen LogP contribution in [0.15, 0.2) is 60.7 Å². The number of carbonyl (C=O) groups is 1. The maximum Gasteiger partial charge on any atom is 0.224 e. The van der Waals surface area contributed by atoms with Gasteiger partial charge in [0.15, 0.2) is 0 Å². The van der Waals surface area contributed by atoms with E-state index in [1.165, 1.54) is 5.56 Å². The molecule has 0 saturated carbocycles. The molecule has 2 aromatic rings. The van der Waals surface area contributed by atoms with Gasteiger partial charge < -0.3 is 9.64 Å². The first-order chi connectivity index (χ1) is 10.3. The number of ether oxygens (including phenoxy) is 1. The van der Waals surface area contributed by atoms with Gasteiger partial charge in [-0.3, -0.25) is 4.79 Å². The Labute approximate surface area is 125 Å². The monoisotopic (exact) mass is 281 g/mol. The van der Waals surface area contributed by atoms with Crippen molar-refractivity contribution in [2.75, 3.05) is 13.3 Å². The molecule has 3 rings (SSSR count). The van der Waals surface area contributed by atoms with E-state index >= 15 is 0 Å². The highest BCUT2D eigenvalue weighted by Gasteiger charge is 2.27. The lowest BCUT2D eigenvalue weighted by molar-refractivity contribution is -0.131. The SMILES string of the molecule is O=C(CCc1ccccc1)N1COC(c2ccccc2)C1. The van der Waals surface area contributed by atoms with E-state index in [9.17, 15) is 4.79 Å². The third-order valence-corrected chi connectivity index (χ3v) is 3.81. The molecule has 0 spiro atoms. The number of aryl methyl sites for hydroxylation is 1. The number of nitrogens with zero attached hydrogens (tertiary/aromatic N) is 1. The smallest absolute Gasteiger partial charge is 0.224 e. The summed E-state index contributed by atoms with van der Waals surface area (Å²) in [6.45, 7) is 1.05. The second-order valence-corrected chi connectivity index (χ2v) is 5.30. The van der Waals surface area contributed by atoms with Gasteiger partial charge in [-0.25, -0.2) is 0 Å². The van der Waals surface area contributed by atoms with Crippen LogP contribution in [0.4, 0.5) is 0 Å². The lowest BCUT2D eigenvalue weighted by atomic mass is 10.1. The Hall–Kier alpha value is -2.13. The van der Waals surface area contributed by atoms with E-state index in [-0.39, 0.29) is 12.0 Å². The van der Waals surface area contributed by atoms with Crippen molar-refractivity contribution in [1.29, 1.82) is 0 Å². The van der Waals surface area contributed by atoms with Crippen molar-refractivity contribution >= 4 is 5.91 Å². The molecule has 1 aliphatic heterocycles. The van der Waals surface area contributed by atoms with Crippen LogP contribution in [0.1, 0.15) is 23.7 Å². The van der Waals surface area contributed by atoms with Gasteiger partial charge in [-0.05, 0) is 17.5 Å². The molecule has 1 atom stereocenters. The highest BCUT2D eigenvalue weighted by atomic mass is 16.5. The predicted molar refractivity (Wildman–Crippen MR) is 81.6 cm³/mol. The molecule has 108 valence electrons. The van der Waals surface area contributed by atoms with Gasteiger partial charge in [-0.1, -0.05) is 60.7 Å². The van der Waals surface area contributed by atoms with Crippen molar-refractivity contribution in [3.05, 3.63) is 71.8 Å². The topological polar surface area (TPSA) is 29.5 Å². The summed E-state index contributed by atoms with van der Waals surface area (Å²) >= 11 is 0. The van der Waals surface area contributed by atoms with Crippen LogP contribution in [0.5, 0.6) is 0 Å². The number of hydrogen-bond acceptors (Lipinski definition) is 2. The summed E-state index contributed by atoms with van der Waals surface area (Å²) in [6, 6.07) is 20.2. The first-order valence-corrected chi connectivity index (χ1v) is 7.31. The molecule has 2 aromatic carbocycles. The van der Waals surface area contributed by atoms with Crippen LogP contribution < -0.4 is 0 Å². The fourth-order valence-corrected chi connectivity index (χ4v) is 2.58. The van der Waals surface area contributed by atoms with E-state index in [0.29, 0.717) is 19.7 Å². The first kappa shape index (κ1) is 13.8. The number of rotatable bonds is 4. The van der Waals surface area contributed by atoms with Crippen molar-refractivity contribution in [2.45, 2.75) is 18.9 Å². The van der Waals surface area contributed by atoms with E-state index < -0.39 is 0 Å². The molecule has 3 nitrogen and oxygen atoms in total. The summed E-state index contributed by atoms with van der Waals surface area (Å²) in [5.74, 6) is 0.164. The summed E-state index contributed by atoms with van der Waals surface area (Å²) in [6.07, 6.45) is 1.33. The van der Waals surface area contributed by atoms with Gasteiger partial charge in [0.05, 0.1) is 6.54 Å². The molecule has 0 aromatic heterocycles. The average Bonchev–Trinajstić information content (AvgIpc) is 3.04. The molecule has 1 amide bonds. The van der Waals surface area contributed by atoms with Crippen LogP contribution in [-0.4, -0.2) is 24.1 Å². The standard InChI is InChI=1S/C18H19NO2/c20-18(12-11-15-7-3-1-4-8-15)19-13-17(21-14-19)16-9-5-2-6-10-16/h1-10,17H,11-14H2. The molecule has 1 fully saturated rings. The lowest BCUT2D eigenvalue weighted by Gasteiger charge is -2.14.